The lowest BCUT2D eigenvalue weighted by molar-refractivity contribution is 0.0951. The van der Waals surface area contributed by atoms with Crippen LogP contribution in [0.1, 0.15) is 31.8 Å². The van der Waals surface area contributed by atoms with Gasteiger partial charge < -0.3 is 10.0 Å². The number of rotatable bonds is 4. The van der Waals surface area contributed by atoms with Crippen molar-refractivity contribution in [1.82, 2.24) is 10.3 Å². The normalized spacial score (nSPS) is 16.5. The van der Waals surface area contributed by atoms with Crippen molar-refractivity contribution >= 4 is 34.4 Å². The Bertz CT molecular complexity index is 1250. The average Bonchev–Trinajstić information content (AvgIpc) is 2.78. The molecule has 156 valence electrons. The summed E-state index contributed by atoms with van der Waals surface area (Å²) in [6, 6.07) is 11.1. The van der Waals surface area contributed by atoms with Crippen molar-refractivity contribution in [3.63, 3.8) is 0 Å². The first-order valence-electron chi connectivity index (χ1n) is 9.13. The zero-order valence-electron chi connectivity index (χ0n) is 15.9. The number of amides is 1. The monoisotopic (exact) mass is 439 g/mol. The second kappa shape index (κ2) is 8.57. The van der Waals surface area contributed by atoms with Crippen LogP contribution in [0.4, 0.5) is 14.5 Å². The van der Waals surface area contributed by atoms with Gasteiger partial charge in [-0.15, -0.1) is 0 Å². The molecule has 2 aromatic carbocycles. The molecule has 0 radical (unpaired) electrons. The summed E-state index contributed by atoms with van der Waals surface area (Å²) in [6.07, 6.45) is 4.46. The molecule has 0 bridgehead atoms. The van der Waals surface area contributed by atoms with E-state index in [9.17, 15) is 22.6 Å². The number of pyridine rings is 1. The van der Waals surface area contributed by atoms with Gasteiger partial charge in [0.15, 0.2) is 22.6 Å². The van der Waals surface area contributed by atoms with E-state index >= 15 is 0 Å². The summed E-state index contributed by atoms with van der Waals surface area (Å²) in [5.41, 5.74) is 1.78. The number of aromatic nitrogens is 1. The number of anilines is 1. The van der Waals surface area contributed by atoms with Crippen LogP contribution in [0.15, 0.2) is 65.8 Å². The zero-order chi connectivity index (χ0) is 22.0. The minimum atomic E-state index is -1.89. The third-order valence-electron chi connectivity index (χ3n) is 4.60. The molecule has 4 rings (SSSR count). The summed E-state index contributed by atoms with van der Waals surface area (Å²) >= 11 is 0. The van der Waals surface area contributed by atoms with Crippen molar-refractivity contribution in [2.24, 2.45) is 0 Å². The van der Waals surface area contributed by atoms with E-state index in [4.69, 9.17) is 0 Å². The predicted molar refractivity (Wildman–Crippen MR) is 112 cm³/mol. The number of carbonyl (C=O) groups is 2. The maximum atomic E-state index is 13.5. The molecule has 31 heavy (non-hydrogen) atoms. The summed E-state index contributed by atoms with van der Waals surface area (Å²) in [5, 5.41) is 2.76. The van der Waals surface area contributed by atoms with E-state index < -0.39 is 28.4 Å². The van der Waals surface area contributed by atoms with Gasteiger partial charge in [0.05, 0.1) is 5.69 Å². The van der Waals surface area contributed by atoms with E-state index in [1.165, 1.54) is 30.3 Å². The molecule has 1 unspecified atom stereocenters. The highest BCUT2D eigenvalue weighted by molar-refractivity contribution is 7.91. The van der Waals surface area contributed by atoms with E-state index in [1.807, 2.05) is 0 Å². The molecule has 6 nitrogen and oxygen atoms in total. The van der Waals surface area contributed by atoms with E-state index in [-0.39, 0.29) is 34.0 Å². The molecule has 1 atom stereocenters. The van der Waals surface area contributed by atoms with Gasteiger partial charge >= 0.3 is 0 Å². The van der Waals surface area contributed by atoms with Gasteiger partial charge in [0.1, 0.15) is 4.91 Å². The van der Waals surface area contributed by atoms with Crippen LogP contribution >= 0.6 is 0 Å². The van der Waals surface area contributed by atoms with Gasteiger partial charge in [-0.25, -0.2) is 13.0 Å². The van der Waals surface area contributed by atoms with Crippen molar-refractivity contribution in [3.05, 3.63) is 99.7 Å². The van der Waals surface area contributed by atoms with Gasteiger partial charge in [0, 0.05) is 30.1 Å². The second-order valence-corrected chi connectivity index (χ2v) is 7.86. The number of carbonyl (C=O) groups excluding carboxylic acids is 2. The summed E-state index contributed by atoms with van der Waals surface area (Å²) in [7, 11) is -1.89. The fourth-order valence-corrected chi connectivity index (χ4v) is 4.00. The van der Waals surface area contributed by atoms with Gasteiger partial charge in [0.25, 0.3) is 5.91 Å². The van der Waals surface area contributed by atoms with Crippen LogP contribution in [0.5, 0.6) is 0 Å². The number of hydrogen-bond acceptors (Lipinski definition) is 4. The van der Waals surface area contributed by atoms with Crippen LogP contribution in [0.2, 0.25) is 0 Å². The molecule has 0 spiro atoms. The molecule has 0 fully saturated rings. The maximum absolute atomic E-state index is 13.5. The van der Waals surface area contributed by atoms with Crippen LogP contribution in [-0.4, -0.2) is 20.9 Å². The van der Waals surface area contributed by atoms with Gasteiger partial charge in [0.2, 0.25) is 5.78 Å². The largest absolute Gasteiger partial charge is 0.348 e. The molecular formula is C22H15F2N3O3S. The van der Waals surface area contributed by atoms with Crippen LogP contribution in [0.25, 0.3) is 6.08 Å². The van der Waals surface area contributed by atoms with Crippen molar-refractivity contribution in [1.29, 1.82) is 0 Å². The lowest BCUT2D eigenvalue weighted by Crippen LogP contribution is -2.25. The Balaban J connectivity index is 1.59. The highest BCUT2D eigenvalue weighted by Gasteiger charge is 2.28. The standard InChI is InChI=1S/C22H15F2N3O3S/c23-17-3-1-14(9-18(17)24)10-20-21(28)16-11-15(2-4-19(16)27-31(20)30)22(29)26-12-13-5-7-25-8-6-13/h1-11,27H,12H2,(H,26,29)/b20-10+. The molecule has 1 aliphatic heterocycles. The number of nitrogens with zero attached hydrogens (tertiary/aromatic N) is 1. The van der Waals surface area contributed by atoms with Crippen LogP contribution in [0.3, 0.4) is 0 Å². The summed E-state index contributed by atoms with van der Waals surface area (Å²) < 4.78 is 41.8. The SMILES string of the molecule is O=C(NCc1ccncc1)c1ccc2c(c1)C(=O)/C(=C\c1ccc(F)c(F)c1)S(=O)N2. The second-order valence-electron chi connectivity index (χ2n) is 6.68. The van der Waals surface area contributed by atoms with Crippen LogP contribution in [0, 0.1) is 11.6 Å². The van der Waals surface area contributed by atoms with Gasteiger partial charge in [-0.3, -0.25) is 14.6 Å². The van der Waals surface area contributed by atoms with Crippen molar-refractivity contribution in [2.45, 2.75) is 6.54 Å². The number of benzene rings is 2. The van der Waals surface area contributed by atoms with Crippen LogP contribution in [-0.2, 0) is 17.5 Å². The highest BCUT2D eigenvalue weighted by Crippen LogP contribution is 2.29. The molecule has 1 aliphatic rings. The Labute approximate surface area is 178 Å². The Hall–Kier alpha value is -3.72. The molecule has 0 aliphatic carbocycles. The lowest BCUT2D eigenvalue weighted by atomic mass is 10.0. The molecule has 2 N–H and O–H groups in total. The number of hydrogen-bond donors (Lipinski definition) is 2. The molecule has 1 aromatic heterocycles. The molecule has 9 heteroatoms. The average molecular weight is 439 g/mol. The summed E-state index contributed by atoms with van der Waals surface area (Å²) in [6.45, 7) is 0.288. The number of fused-ring (bicyclic) bond motifs is 1. The highest BCUT2D eigenvalue weighted by atomic mass is 32.2. The maximum Gasteiger partial charge on any atom is 0.251 e. The number of ketones is 1. The first-order chi connectivity index (χ1) is 14.9. The Morgan fingerprint density at radius 2 is 1.84 bits per heavy atom. The van der Waals surface area contributed by atoms with E-state index in [0.717, 1.165) is 17.7 Å². The molecule has 2 heterocycles. The van der Waals surface area contributed by atoms with Crippen LogP contribution < -0.4 is 10.0 Å². The number of nitrogens with one attached hydrogen (secondary N) is 2. The first-order valence-corrected chi connectivity index (χ1v) is 10.3. The molecular weight excluding hydrogens is 424 g/mol. The van der Waals surface area contributed by atoms with Crippen molar-refractivity contribution < 1.29 is 22.6 Å². The third-order valence-corrected chi connectivity index (χ3v) is 5.70. The Morgan fingerprint density at radius 1 is 1.06 bits per heavy atom. The van der Waals surface area contributed by atoms with E-state index in [0.29, 0.717) is 5.69 Å². The van der Waals surface area contributed by atoms with Gasteiger partial charge in [-0.2, -0.15) is 0 Å². The molecule has 3 aromatic rings. The van der Waals surface area contributed by atoms with Crippen molar-refractivity contribution in [2.75, 3.05) is 4.72 Å². The predicted octanol–water partition coefficient (Wildman–Crippen LogP) is 3.60. The minimum absolute atomic E-state index is 0.132. The summed E-state index contributed by atoms with van der Waals surface area (Å²) in [5.74, 6) is -3.06. The van der Waals surface area contributed by atoms with E-state index in [1.54, 1.807) is 24.5 Å². The first kappa shape index (κ1) is 20.5. The molecule has 0 saturated heterocycles. The topological polar surface area (TPSA) is 88.2 Å². The summed E-state index contributed by atoms with van der Waals surface area (Å²) in [4.78, 5) is 29.2. The molecule has 0 saturated carbocycles. The Morgan fingerprint density at radius 3 is 2.58 bits per heavy atom. The third kappa shape index (κ3) is 4.41. The Kier molecular flexibility index (Phi) is 5.68. The fourth-order valence-electron chi connectivity index (χ4n) is 2.99. The number of halogens is 2. The smallest absolute Gasteiger partial charge is 0.251 e. The molecule has 1 amide bonds. The van der Waals surface area contributed by atoms with Gasteiger partial charge in [-0.05, 0) is 59.7 Å². The van der Waals surface area contributed by atoms with Crippen molar-refractivity contribution in [3.8, 4) is 0 Å². The lowest BCUT2D eigenvalue weighted by Gasteiger charge is -2.19. The quantitative estimate of drug-likeness (QED) is 0.608. The van der Waals surface area contributed by atoms with E-state index in [2.05, 4.69) is 15.0 Å². The number of Topliss-reactive ketones (excluding diaryl/α,β-unsaturated/α-hetero) is 1. The fraction of sp³-hybridized carbons (Fsp3) is 0.0455. The number of allylic oxidation sites excluding steroid dienone is 1. The van der Waals surface area contributed by atoms with Gasteiger partial charge in [-0.1, -0.05) is 6.07 Å². The minimum Gasteiger partial charge on any atom is -0.348 e. The zero-order valence-corrected chi connectivity index (χ0v) is 16.7.